The van der Waals surface area contributed by atoms with Crippen LogP contribution in [0.4, 0.5) is 5.69 Å². The number of hydrogen-bond donors (Lipinski definition) is 1. The highest BCUT2D eigenvalue weighted by Gasteiger charge is 2.26. The van der Waals surface area contributed by atoms with Crippen LogP contribution in [0, 0.1) is 0 Å². The van der Waals surface area contributed by atoms with Crippen molar-refractivity contribution < 1.29 is 13.2 Å². The molecule has 1 aromatic heterocycles. The van der Waals surface area contributed by atoms with Crippen LogP contribution in [0.3, 0.4) is 0 Å². The molecule has 1 atom stereocenters. The molecule has 2 aliphatic rings. The number of carbonyl (C=O) groups is 1. The van der Waals surface area contributed by atoms with Crippen molar-refractivity contribution >= 4 is 33.0 Å². The van der Waals surface area contributed by atoms with Crippen molar-refractivity contribution in [1.29, 1.82) is 0 Å². The van der Waals surface area contributed by atoms with Gasteiger partial charge in [-0.05, 0) is 74.0 Å². The van der Waals surface area contributed by atoms with Crippen LogP contribution in [-0.2, 0) is 16.4 Å². The molecule has 1 N–H and O–H groups in total. The van der Waals surface area contributed by atoms with Crippen molar-refractivity contribution in [2.24, 2.45) is 0 Å². The monoisotopic (exact) mass is 433 g/mol. The van der Waals surface area contributed by atoms with E-state index in [0.29, 0.717) is 24.3 Å². The number of hydrogen-bond acceptors (Lipinski definition) is 5. The van der Waals surface area contributed by atoms with Crippen LogP contribution >= 0.6 is 11.3 Å². The summed E-state index contributed by atoms with van der Waals surface area (Å²) in [6.45, 7) is 3.21. The molecule has 156 valence electrons. The van der Waals surface area contributed by atoms with Crippen LogP contribution in [-0.4, -0.2) is 51.7 Å². The maximum absolute atomic E-state index is 12.8. The average Bonchev–Trinajstić information content (AvgIpc) is 3.41. The molecule has 4 rings (SSSR count). The molecule has 0 saturated carbocycles. The van der Waals surface area contributed by atoms with E-state index in [-0.39, 0.29) is 11.9 Å². The van der Waals surface area contributed by atoms with Crippen molar-refractivity contribution in [2.45, 2.75) is 31.7 Å². The number of thiophene rings is 1. The van der Waals surface area contributed by atoms with Crippen LogP contribution in [0.2, 0.25) is 0 Å². The van der Waals surface area contributed by atoms with E-state index in [4.69, 9.17) is 0 Å². The van der Waals surface area contributed by atoms with E-state index in [1.54, 1.807) is 23.5 Å². The first-order valence-electron chi connectivity index (χ1n) is 10.1. The molecular weight excluding hydrogens is 406 g/mol. The van der Waals surface area contributed by atoms with Crippen LogP contribution < -0.4 is 9.62 Å². The zero-order chi connectivity index (χ0) is 20.4. The number of fused-ring (bicyclic) bond motifs is 1. The van der Waals surface area contributed by atoms with E-state index in [2.05, 4.69) is 27.7 Å². The summed E-state index contributed by atoms with van der Waals surface area (Å²) in [5.41, 5.74) is 2.21. The second-order valence-electron chi connectivity index (χ2n) is 7.77. The molecule has 0 spiro atoms. The number of rotatable bonds is 6. The van der Waals surface area contributed by atoms with Crippen LogP contribution in [0.1, 0.15) is 46.1 Å². The molecule has 1 aromatic carbocycles. The van der Waals surface area contributed by atoms with Gasteiger partial charge < -0.3 is 5.32 Å². The second kappa shape index (κ2) is 8.45. The summed E-state index contributed by atoms with van der Waals surface area (Å²) >= 11 is 1.73. The van der Waals surface area contributed by atoms with Gasteiger partial charge in [0.25, 0.3) is 5.91 Å². The Morgan fingerprint density at radius 3 is 2.66 bits per heavy atom. The number of nitrogens with zero attached hydrogens (tertiary/aromatic N) is 2. The third-order valence-electron chi connectivity index (χ3n) is 5.73. The Morgan fingerprint density at radius 1 is 1.17 bits per heavy atom. The summed E-state index contributed by atoms with van der Waals surface area (Å²) in [7, 11) is -3.30. The van der Waals surface area contributed by atoms with Gasteiger partial charge in [-0.25, -0.2) is 8.42 Å². The van der Waals surface area contributed by atoms with Gasteiger partial charge in [-0.15, -0.1) is 11.3 Å². The van der Waals surface area contributed by atoms with Crippen molar-refractivity contribution in [3.05, 3.63) is 51.7 Å². The molecule has 0 radical (unpaired) electrons. The molecule has 0 bridgehead atoms. The second-order valence-corrected chi connectivity index (χ2v) is 10.7. The zero-order valence-electron chi connectivity index (χ0n) is 16.6. The van der Waals surface area contributed by atoms with E-state index in [9.17, 15) is 13.2 Å². The molecule has 1 amide bonds. The van der Waals surface area contributed by atoms with Gasteiger partial charge in [0.1, 0.15) is 0 Å². The highest BCUT2D eigenvalue weighted by atomic mass is 32.2. The van der Waals surface area contributed by atoms with Gasteiger partial charge >= 0.3 is 0 Å². The Kier molecular flexibility index (Phi) is 5.94. The summed E-state index contributed by atoms with van der Waals surface area (Å²) < 4.78 is 25.5. The largest absolute Gasteiger partial charge is 0.350 e. The maximum atomic E-state index is 12.8. The van der Waals surface area contributed by atoms with Gasteiger partial charge in [0, 0.05) is 23.5 Å². The summed E-state index contributed by atoms with van der Waals surface area (Å²) in [6, 6.07) is 9.74. The first kappa shape index (κ1) is 20.4. The fraction of sp³-hybridized carbons (Fsp3) is 0.476. The molecule has 29 heavy (non-hydrogen) atoms. The molecule has 0 unspecified atom stereocenters. The summed E-state index contributed by atoms with van der Waals surface area (Å²) in [4.78, 5) is 16.6. The number of nitrogens with one attached hydrogen (secondary N) is 1. The number of sulfonamides is 1. The van der Waals surface area contributed by atoms with Crippen LogP contribution in [0.5, 0.6) is 0 Å². The van der Waals surface area contributed by atoms with Crippen molar-refractivity contribution in [1.82, 2.24) is 10.2 Å². The third kappa shape index (κ3) is 4.49. The summed E-state index contributed by atoms with van der Waals surface area (Å²) in [6.07, 6.45) is 5.19. The van der Waals surface area contributed by atoms with Gasteiger partial charge in [0.2, 0.25) is 10.0 Å². The predicted octanol–water partition coefficient (Wildman–Crippen LogP) is 3.03. The average molecular weight is 434 g/mol. The van der Waals surface area contributed by atoms with Gasteiger partial charge in [-0.2, -0.15) is 0 Å². The van der Waals surface area contributed by atoms with E-state index in [0.717, 1.165) is 31.5 Å². The lowest BCUT2D eigenvalue weighted by Crippen LogP contribution is -2.37. The number of amides is 1. The van der Waals surface area contributed by atoms with Crippen molar-refractivity contribution in [3.8, 4) is 0 Å². The normalized spacial score (nSPS) is 18.4. The smallest absolute Gasteiger partial charge is 0.251 e. The summed E-state index contributed by atoms with van der Waals surface area (Å²) in [5, 5.41) is 5.19. The molecule has 2 aromatic rings. The number of benzene rings is 1. The van der Waals surface area contributed by atoms with Crippen molar-refractivity contribution in [3.63, 3.8) is 0 Å². The molecule has 3 heterocycles. The molecule has 1 fully saturated rings. The Hall–Kier alpha value is -1.90. The zero-order valence-corrected chi connectivity index (χ0v) is 18.3. The van der Waals surface area contributed by atoms with Gasteiger partial charge in [0.05, 0.1) is 18.0 Å². The fourth-order valence-corrected chi connectivity index (χ4v) is 6.14. The molecular formula is C21H27N3O3S2. The molecule has 6 nitrogen and oxygen atoms in total. The number of likely N-dealkylation sites (tertiary alicyclic amines) is 1. The fourth-order valence-electron chi connectivity index (χ4n) is 4.28. The highest BCUT2D eigenvalue weighted by molar-refractivity contribution is 7.92. The van der Waals surface area contributed by atoms with Crippen molar-refractivity contribution in [2.75, 3.05) is 36.7 Å². The third-order valence-corrected chi connectivity index (χ3v) is 7.88. The lowest BCUT2D eigenvalue weighted by Gasteiger charge is -2.29. The number of carbonyl (C=O) groups excluding carboxylic acids is 1. The lowest BCUT2D eigenvalue weighted by atomic mass is 10.0. The quantitative estimate of drug-likeness (QED) is 0.760. The SMILES string of the molecule is CS(=O)(=O)N1CCCc2cc(C(=O)NC[C@H](c3cccs3)N3CCCC3)ccc21. The minimum absolute atomic E-state index is 0.106. The lowest BCUT2D eigenvalue weighted by molar-refractivity contribution is 0.0938. The molecule has 2 aliphatic heterocycles. The Balaban J connectivity index is 1.48. The standard InChI is InChI=1S/C21H27N3O3S2/c1-29(26,27)24-12-4-6-16-14-17(8-9-18(16)24)21(25)22-15-19(20-7-5-13-28-20)23-10-2-3-11-23/h5,7-9,13-14,19H,2-4,6,10-12,15H2,1H3,(H,22,25)/t19-/m1/s1. The molecule has 8 heteroatoms. The van der Waals surface area contributed by atoms with E-state index < -0.39 is 10.0 Å². The first-order valence-corrected chi connectivity index (χ1v) is 12.8. The number of anilines is 1. The van der Waals surface area contributed by atoms with Gasteiger partial charge in [-0.1, -0.05) is 6.07 Å². The predicted molar refractivity (Wildman–Crippen MR) is 117 cm³/mol. The Bertz CT molecular complexity index is 967. The topological polar surface area (TPSA) is 69.7 Å². The number of aryl methyl sites for hydroxylation is 1. The van der Waals surface area contributed by atoms with E-state index in [1.165, 1.54) is 28.3 Å². The summed E-state index contributed by atoms with van der Waals surface area (Å²) in [5.74, 6) is -0.106. The molecule has 0 aliphatic carbocycles. The van der Waals surface area contributed by atoms with Crippen LogP contribution in [0.15, 0.2) is 35.7 Å². The minimum Gasteiger partial charge on any atom is -0.350 e. The first-order chi connectivity index (χ1) is 13.9. The van der Waals surface area contributed by atoms with E-state index >= 15 is 0 Å². The maximum Gasteiger partial charge on any atom is 0.251 e. The Labute approximate surface area is 176 Å². The van der Waals surface area contributed by atoms with Gasteiger partial charge in [-0.3, -0.25) is 14.0 Å². The highest BCUT2D eigenvalue weighted by Crippen LogP contribution is 2.30. The van der Waals surface area contributed by atoms with Gasteiger partial charge in [0.15, 0.2) is 0 Å². The minimum atomic E-state index is -3.30. The van der Waals surface area contributed by atoms with E-state index in [1.807, 2.05) is 6.07 Å². The van der Waals surface area contributed by atoms with Crippen LogP contribution in [0.25, 0.3) is 0 Å². The Morgan fingerprint density at radius 2 is 1.97 bits per heavy atom. The molecule has 1 saturated heterocycles.